The number of carboxylic acid groups (broad SMARTS) is 1. The molecule has 1 fully saturated rings. The number of aliphatic carboxylic acids is 1. The molecule has 0 bridgehead atoms. The Balaban J connectivity index is 1.50. The number of likely N-dealkylation sites (tertiary alicyclic amines) is 1. The van der Waals surface area contributed by atoms with Crippen LogP contribution in [-0.2, 0) is 17.8 Å². The van der Waals surface area contributed by atoms with Crippen molar-refractivity contribution in [1.29, 1.82) is 0 Å². The lowest BCUT2D eigenvalue weighted by atomic mass is 9.93. The molecule has 1 saturated heterocycles. The lowest BCUT2D eigenvalue weighted by molar-refractivity contribution is -0.144. The third-order valence-electron chi connectivity index (χ3n) is 5.88. The van der Waals surface area contributed by atoms with Crippen molar-refractivity contribution >= 4 is 5.97 Å². The van der Waals surface area contributed by atoms with Gasteiger partial charge >= 0.3 is 5.97 Å². The molecule has 0 spiro atoms. The molecule has 4 rings (SSSR count). The fourth-order valence-electron chi connectivity index (χ4n) is 4.19. The van der Waals surface area contributed by atoms with E-state index in [9.17, 15) is 9.90 Å². The van der Waals surface area contributed by atoms with Crippen LogP contribution in [0.1, 0.15) is 35.7 Å². The molecule has 2 aromatic carbocycles. The zero-order valence-corrected chi connectivity index (χ0v) is 17.6. The van der Waals surface area contributed by atoms with Gasteiger partial charge in [0.2, 0.25) is 0 Å². The number of pyridine rings is 1. The van der Waals surface area contributed by atoms with Gasteiger partial charge in [-0.2, -0.15) is 0 Å². The maximum atomic E-state index is 11.6. The fraction of sp³-hybridized carbons (Fsp3) is 0.308. The minimum Gasteiger partial charge on any atom is -0.489 e. The summed E-state index contributed by atoms with van der Waals surface area (Å²) in [6.07, 6.45) is 4.20. The number of piperidine rings is 1. The smallest absolute Gasteiger partial charge is 0.307 e. The lowest BCUT2D eigenvalue weighted by Gasteiger charge is -2.37. The Kier molecular flexibility index (Phi) is 6.95. The Labute approximate surface area is 183 Å². The summed E-state index contributed by atoms with van der Waals surface area (Å²) >= 11 is 0. The first-order valence-electron chi connectivity index (χ1n) is 10.8. The van der Waals surface area contributed by atoms with Crippen molar-refractivity contribution in [2.45, 2.75) is 31.9 Å². The Bertz CT molecular complexity index is 961. The summed E-state index contributed by atoms with van der Waals surface area (Å²) in [7, 11) is 0. The van der Waals surface area contributed by atoms with E-state index in [1.54, 1.807) is 0 Å². The number of rotatable bonds is 8. The van der Waals surface area contributed by atoms with E-state index in [0.717, 1.165) is 48.4 Å². The third kappa shape index (κ3) is 5.70. The highest BCUT2D eigenvalue weighted by Gasteiger charge is 2.30. The maximum Gasteiger partial charge on any atom is 0.307 e. The molecule has 0 amide bonds. The first-order chi connectivity index (χ1) is 15.2. The van der Waals surface area contributed by atoms with Gasteiger partial charge in [-0.3, -0.25) is 14.7 Å². The van der Waals surface area contributed by atoms with Crippen LogP contribution in [0.15, 0.2) is 79.0 Å². The average Bonchev–Trinajstić information content (AvgIpc) is 2.83. The summed E-state index contributed by atoms with van der Waals surface area (Å²) in [6.45, 7) is 2.00. The normalized spacial score (nSPS) is 17.7. The van der Waals surface area contributed by atoms with Crippen LogP contribution in [0, 0.1) is 5.92 Å². The second kappa shape index (κ2) is 10.2. The van der Waals surface area contributed by atoms with Crippen molar-refractivity contribution in [3.8, 4) is 5.75 Å². The van der Waals surface area contributed by atoms with Crippen LogP contribution in [0.25, 0.3) is 0 Å². The molecule has 1 aliphatic rings. The summed E-state index contributed by atoms with van der Waals surface area (Å²) in [5.74, 6) is -0.189. The van der Waals surface area contributed by atoms with Crippen molar-refractivity contribution in [2.75, 3.05) is 13.1 Å². The van der Waals surface area contributed by atoms with E-state index >= 15 is 0 Å². The number of ether oxygens (including phenoxy) is 1. The van der Waals surface area contributed by atoms with Gasteiger partial charge in [-0.15, -0.1) is 0 Å². The number of hydrogen-bond acceptors (Lipinski definition) is 4. The zero-order chi connectivity index (χ0) is 21.5. The molecule has 31 heavy (non-hydrogen) atoms. The van der Waals surface area contributed by atoms with Crippen molar-refractivity contribution < 1.29 is 14.6 Å². The quantitative estimate of drug-likeness (QED) is 0.575. The van der Waals surface area contributed by atoms with Crippen LogP contribution in [0.4, 0.5) is 0 Å². The van der Waals surface area contributed by atoms with Crippen molar-refractivity contribution in [1.82, 2.24) is 9.88 Å². The monoisotopic (exact) mass is 416 g/mol. The fourth-order valence-corrected chi connectivity index (χ4v) is 4.19. The lowest BCUT2D eigenvalue weighted by Crippen LogP contribution is -2.41. The van der Waals surface area contributed by atoms with E-state index in [4.69, 9.17) is 4.74 Å². The molecule has 3 aromatic rings. The van der Waals surface area contributed by atoms with E-state index in [1.807, 2.05) is 66.9 Å². The predicted octanol–water partition coefficient (Wildman–Crippen LogP) is 4.74. The van der Waals surface area contributed by atoms with E-state index in [2.05, 4.69) is 22.0 Å². The van der Waals surface area contributed by atoms with Gasteiger partial charge in [0.05, 0.1) is 5.92 Å². The van der Waals surface area contributed by atoms with Gasteiger partial charge in [-0.1, -0.05) is 48.5 Å². The molecule has 0 radical (unpaired) electrons. The number of benzene rings is 2. The van der Waals surface area contributed by atoms with Crippen LogP contribution in [0.3, 0.4) is 0 Å². The van der Waals surface area contributed by atoms with Gasteiger partial charge in [0, 0.05) is 30.9 Å². The van der Waals surface area contributed by atoms with Crippen molar-refractivity contribution in [3.63, 3.8) is 0 Å². The Morgan fingerprint density at radius 1 is 1.06 bits per heavy atom. The second-order valence-electron chi connectivity index (χ2n) is 8.06. The summed E-state index contributed by atoms with van der Waals surface area (Å²) in [6, 6.07) is 24.3. The summed E-state index contributed by atoms with van der Waals surface area (Å²) in [4.78, 5) is 18.4. The van der Waals surface area contributed by atoms with Crippen LogP contribution >= 0.6 is 0 Å². The molecule has 1 aliphatic heterocycles. The highest BCUT2D eigenvalue weighted by Crippen LogP contribution is 2.31. The number of hydrogen-bond donors (Lipinski definition) is 1. The van der Waals surface area contributed by atoms with E-state index in [-0.39, 0.29) is 12.0 Å². The minimum atomic E-state index is -0.703. The van der Waals surface area contributed by atoms with Gasteiger partial charge in [0.15, 0.2) is 0 Å². The highest BCUT2D eigenvalue weighted by molar-refractivity contribution is 5.70. The Morgan fingerprint density at radius 2 is 1.84 bits per heavy atom. The van der Waals surface area contributed by atoms with Crippen molar-refractivity contribution in [2.24, 2.45) is 5.92 Å². The van der Waals surface area contributed by atoms with E-state index in [1.165, 1.54) is 0 Å². The molecule has 0 aliphatic carbocycles. The molecule has 2 heterocycles. The van der Waals surface area contributed by atoms with Gasteiger partial charge < -0.3 is 9.84 Å². The summed E-state index contributed by atoms with van der Waals surface area (Å²) in [5.41, 5.74) is 3.30. The molecule has 0 saturated carbocycles. The number of nitrogens with zero attached hydrogens (tertiary/aromatic N) is 2. The van der Waals surface area contributed by atoms with Gasteiger partial charge in [0.1, 0.15) is 12.4 Å². The average molecular weight is 417 g/mol. The van der Waals surface area contributed by atoms with Gasteiger partial charge in [-0.25, -0.2) is 0 Å². The van der Waals surface area contributed by atoms with Crippen LogP contribution in [0.5, 0.6) is 5.75 Å². The van der Waals surface area contributed by atoms with Gasteiger partial charge in [-0.05, 0) is 54.8 Å². The first-order valence-corrected chi connectivity index (χ1v) is 10.8. The van der Waals surface area contributed by atoms with E-state index < -0.39 is 5.97 Å². The SMILES string of the molecule is O=C(O)C1CCCN(C(Cc2ccccn2)c2ccc(OCc3ccccc3)cc2)C1. The zero-order valence-electron chi connectivity index (χ0n) is 17.6. The first kappa shape index (κ1) is 21.1. The van der Waals surface area contributed by atoms with Crippen molar-refractivity contribution in [3.05, 3.63) is 95.8 Å². The molecule has 160 valence electrons. The topological polar surface area (TPSA) is 62.7 Å². The summed E-state index contributed by atoms with van der Waals surface area (Å²) in [5, 5.41) is 9.53. The Hall–Kier alpha value is -3.18. The molecular weight excluding hydrogens is 388 g/mol. The molecular formula is C26H28N2O3. The van der Waals surface area contributed by atoms with Crippen LogP contribution in [0.2, 0.25) is 0 Å². The van der Waals surface area contributed by atoms with Gasteiger partial charge in [0.25, 0.3) is 0 Å². The highest BCUT2D eigenvalue weighted by atomic mass is 16.5. The predicted molar refractivity (Wildman–Crippen MR) is 120 cm³/mol. The number of aromatic nitrogens is 1. The second-order valence-corrected chi connectivity index (χ2v) is 8.06. The molecule has 1 N–H and O–H groups in total. The maximum absolute atomic E-state index is 11.6. The summed E-state index contributed by atoms with van der Waals surface area (Å²) < 4.78 is 5.94. The third-order valence-corrected chi connectivity index (χ3v) is 5.88. The standard InChI is InChI=1S/C26H28N2O3/c29-26(30)22-9-6-16-28(18-22)25(17-23-10-4-5-15-27-23)21-11-13-24(14-12-21)31-19-20-7-2-1-3-8-20/h1-5,7-8,10-15,22,25H,6,9,16-19H2,(H,29,30). The largest absolute Gasteiger partial charge is 0.489 e. The molecule has 5 heteroatoms. The molecule has 2 unspecified atom stereocenters. The van der Waals surface area contributed by atoms with E-state index in [0.29, 0.717) is 13.2 Å². The molecule has 1 aromatic heterocycles. The minimum absolute atomic E-state index is 0.0835. The number of carbonyl (C=O) groups is 1. The molecule has 2 atom stereocenters. The Morgan fingerprint density at radius 3 is 2.55 bits per heavy atom. The number of carboxylic acids is 1. The van der Waals surface area contributed by atoms with Crippen LogP contribution in [-0.4, -0.2) is 34.0 Å². The van der Waals surface area contributed by atoms with Crippen LogP contribution < -0.4 is 4.74 Å². The molecule has 5 nitrogen and oxygen atoms in total.